The maximum Gasteiger partial charge on any atom is 0.230 e. The molecule has 1 aliphatic heterocycles. The average molecular weight is 365 g/mol. The fourth-order valence-electron chi connectivity index (χ4n) is 4.55. The van der Waals surface area contributed by atoms with E-state index < -0.39 is 0 Å². The lowest BCUT2D eigenvalue weighted by Crippen LogP contribution is -2.50. The summed E-state index contributed by atoms with van der Waals surface area (Å²) >= 11 is 0. The van der Waals surface area contributed by atoms with Crippen molar-refractivity contribution in [3.05, 3.63) is 35.4 Å². The predicted molar refractivity (Wildman–Crippen MR) is 106 cm³/mol. The quantitative estimate of drug-likeness (QED) is 0.843. The van der Waals surface area contributed by atoms with Crippen molar-refractivity contribution in [2.45, 2.75) is 64.2 Å². The predicted octanol–water partition coefficient (Wildman–Crippen LogP) is 4.12. The Labute approximate surface area is 158 Å². The average Bonchev–Trinajstić information content (AvgIpc) is 2.61. The standard InChI is InChI=1S/C21H32N2O.ClH/c1-17-8-4-5-9-18(17)21(10-6-3-7-11-21)19(24)23-16-20(2)12-14-22-15-13-20;/h4-5,8-9,22H,3,6-7,10-16H2,1-2H3,(H,23,24);1H. The van der Waals surface area contributed by atoms with Gasteiger partial charge in [-0.3, -0.25) is 4.79 Å². The van der Waals surface area contributed by atoms with Crippen LogP contribution in [0.5, 0.6) is 0 Å². The molecule has 0 spiro atoms. The Morgan fingerprint density at radius 1 is 1.08 bits per heavy atom. The summed E-state index contributed by atoms with van der Waals surface area (Å²) in [6.07, 6.45) is 7.83. The summed E-state index contributed by atoms with van der Waals surface area (Å²) in [7, 11) is 0. The Hall–Kier alpha value is -1.06. The number of carbonyl (C=O) groups excluding carboxylic acids is 1. The van der Waals surface area contributed by atoms with E-state index in [0.29, 0.717) is 0 Å². The molecule has 1 aromatic rings. The van der Waals surface area contributed by atoms with Crippen molar-refractivity contribution in [1.29, 1.82) is 0 Å². The summed E-state index contributed by atoms with van der Waals surface area (Å²) in [5.74, 6) is 0.260. The van der Waals surface area contributed by atoms with E-state index in [2.05, 4.69) is 48.7 Å². The van der Waals surface area contributed by atoms with Gasteiger partial charge in [-0.1, -0.05) is 50.5 Å². The molecule has 140 valence electrons. The van der Waals surface area contributed by atoms with Crippen LogP contribution in [0, 0.1) is 12.3 Å². The van der Waals surface area contributed by atoms with Gasteiger partial charge in [-0.05, 0) is 62.2 Å². The molecule has 1 amide bonds. The number of nitrogens with one attached hydrogen (secondary N) is 2. The number of carbonyl (C=O) groups is 1. The van der Waals surface area contributed by atoms with E-state index in [-0.39, 0.29) is 29.1 Å². The molecule has 1 heterocycles. The zero-order chi connectivity index (χ0) is 17.0. The highest BCUT2D eigenvalue weighted by molar-refractivity contribution is 5.88. The lowest BCUT2D eigenvalue weighted by molar-refractivity contribution is -0.128. The third-order valence-electron chi connectivity index (χ3n) is 6.29. The van der Waals surface area contributed by atoms with Crippen LogP contribution in [0.2, 0.25) is 0 Å². The van der Waals surface area contributed by atoms with E-state index in [9.17, 15) is 4.79 Å². The second-order valence-corrected chi connectivity index (χ2v) is 8.20. The normalized spacial score (nSPS) is 21.8. The Morgan fingerprint density at radius 3 is 2.36 bits per heavy atom. The molecule has 25 heavy (non-hydrogen) atoms. The molecule has 2 N–H and O–H groups in total. The first-order valence-corrected chi connectivity index (χ1v) is 9.61. The Balaban J connectivity index is 0.00000225. The number of amides is 1. The molecule has 1 aromatic carbocycles. The second kappa shape index (κ2) is 8.55. The minimum Gasteiger partial charge on any atom is -0.355 e. The molecule has 2 aliphatic rings. The van der Waals surface area contributed by atoms with Gasteiger partial charge in [0.1, 0.15) is 0 Å². The molecule has 1 saturated carbocycles. The van der Waals surface area contributed by atoms with Gasteiger partial charge in [0.25, 0.3) is 0 Å². The topological polar surface area (TPSA) is 41.1 Å². The molecule has 2 fully saturated rings. The van der Waals surface area contributed by atoms with Crippen molar-refractivity contribution in [1.82, 2.24) is 10.6 Å². The number of hydrogen-bond donors (Lipinski definition) is 2. The maximum atomic E-state index is 13.3. The lowest BCUT2D eigenvalue weighted by Gasteiger charge is -2.40. The van der Waals surface area contributed by atoms with E-state index in [1.807, 2.05) is 0 Å². The van der Waals surface area contributed by atoms with Crippen molar-refractivity contribution in [2.75, 3.05) is 19.6 Å². The van der Waals surface area contributed by atoms with Crippen LogP contribution in [0.3, 0.4) is 0 Å². The number of hydrogen-bond acceptors (Lipinski definition) is 2. The fraction of sp³-hybridized carbons (Fsp3) is 0.667. The summed E-state index contributed by atoms with van der Waals surface area (Å²) in [6, 6.07) is 8.48. The molecule has 3 nitrogen and oxygen atoms in total. The van der Waals surface area contributed by atoms with Crippen molar-refractivity contribution >= 4 is 18.3 Å². The van der Waals surface area contributed by atoms with Crippen LogP contribution < -0.4 is 10.6 Å². The number of halogens is 1. The minimum absolute atomic E-state index is 0. The monoisotopic (exact) mass is 364 g/mol. The van der Waals surface area contributed by atoms with E-state index in [1.165, 1.54) is 17.5 Å². The molecule has 0 aromatic heterocycles. The van der Waals surface area contributed by atoms with E-state index >= 15 is 0 Å². The van der Waals surface area contributed by atoms with Crippen molar-refractivity contribution < 1.29 is 4.79 Å². The molecule has 0 atom stereocenters. The van der Waals surface area contributed by atoms with Crippen LogP contribution in [0.4, 0.5) is 0 Å². The number of rotatable bonds is 4. The highest BCUT2D eigenvalue weighted by Crippen LogP contribution is 2.41. The second-order valence-electron chi connectivity index (χ2n) is 8.20. The highest BCUT2D eigenvalue weighted by Gasteiger charge is 2.42. The molecule has 0 radical (unpaired) electrons. The largest absolute Gasteiger partial charge is 0.355 e. The molecule has 1 saturated heterocycles. The smallest absolute Gasteiger partial charge is 0.230 e. The zero-order valence-corrected chi connectivity index (χ0v) is 16.5. The van der Waals surface area contributed by atoms with Crippen molar-refractivity contribution in [3.8, 4) is 0 Å². The van der Waals surface area contributed by atoms with Crippen LogP contribution in [0.1, 0.15) is 63.0 Å². The van der Waals surface area contributed by atoms with Crippen LogP contribution in [-0.4, -0.2) is 25.5 Å². The van der Waals surface area contributed by atoms with Crippen molar-refractivity contribution in [3.63, 3.8) is 0 Å². The van der Waals surface area contributed by atoms with Crippen LogP contribution in [0.15, 0.2) is 24.3 Å². The van der Waals surface area contributed by atoms with Crippen molar-refractivity contribution in [2.24, 2.45) is 5.41 Å². The van der Waals surface area contributed by atoms with Crippen LogP contribution >= 0.6 is 12.4 Å². The fourth-order valence-corrected chi connectivity index (χ4v) is 4.55. The number of aryl methyl sites for hydroxylation is 1. The van der Waals surface area contributed by atoms with Gasteiger partial charge in [-0.15, -0.1) is 12.4 Å². The molecule has 0 bridgehead atoms. The Morgan fingerprint density at radius 2 is 1.72 bits per heavy atom. The minimum atomic E-state index is -0.313. The van der Waals surface area contributed by atoms with Gasteiger partial charge in [0.05, 0.1) is 5.41 Å². The Bertz CT molecular complexity index is 575. The van der Waals surface area contributed by atoms with Crippen LogP contribution in [-0.2, 0) is 10.2 Å². The first-order valence-electron chi connectivity index (χ1n) is 9.61. The first-order chi connectivity index (χ1) is 11.6. The first kappa shape index (κ1) is 20.3. The van der Waals surface area contributed by atoms with Gasteiger partial charge < -0.3 is 10.6 Å². The summed E-state index contributed by atoms with van der Waals surface area (Å²) in [4.78, 5) is 13.3. The molecular weight excluding hydrogens is 332 g/mol. The summed E-state index contributed by atoms with van der Waals surface area (Å²) in [5, 5.41) is 6.78. The highest BCUT2D eigenvalue weighted by atomic mass is 35.5. The summed E-state index contributed by atoms with van der Waals surface area (Å²) < 4.78 is 0. The summed E-state index contributed by atoms with van der Waals surface area (Å²) in [5.41, 5.74) is 2.43. The lowest BCUT2D eigenvalue weighted by atomic mass is 9.67. The van der Waals surface area contributed by atoms with Gasteiger partial charge >= 0.3 is 0 Å². The zero-order valence-electron chi connectivity index (χ0n) is 15.7. The van der Waals surface area contributed by atoms with E-state index in [1.54, 1.807) is 0 Å². The third-order valence-corrected chi connectivity index (χ3v) is 6.29. The van der Waals surface area contributed by atoms with E-state index in [0.717, 1.165) is 58.2 Å². The maximum absolute atomic E-state index is 13.3. The van der Waals surface area contributed by atoms with Crippen LogP contribution in [0.25, 0.3) is 0 Å². The van der Waals surface area contributed by atoms with Gasteiger partial charge in [0.2, 0.25) is 5.91 Å². The molecule has 1 aliphatic carbocycles. The molecular formula is C21H33ClN2O. The van der Waals surface area contributed by atoms with Gasteiger partial charge in [0.15, 0.2) is 0 Å². The molecule has 3 rings (SSSR count). The van der Waals surface area contributed by atoms with E-state index in [4.69, 9.17) is 0 Å². The summed E-state index contributed by atoms with van der Waals surface area (Å²) in [6.45, 7) is 7.40. The molecule has 0 unspecified atom stereocenters. The van der Waals surface area contributed by atoms with Gasteiger partial charge in [-0.2, -0.15) is 0 Å². The number of piperidine rings is 1. The number of benzene rings is 1. The van der Waals surface area contributed by atoms with Gasteiger partial charge in [-0.25, -0.2) is 0 Å². The Kier molecular flexibility index (Phi) is 6.93. The SMILES string of the molecule is Cc1ccccc1C1(C(=O)NCC2(C)CCNCC2)CCCCC1.Cl. The molecule has 4 heteroatoms. The third kappa shape index (κ3) is 4.38. The van der Waals surface area contributed by atoms with Gasteiger partial charge in [0, 0.05) is 6.54 Å².